The zero-order chi connectivity index (χ0) is 12.5. The van der Waals surface area contributed by atoms with Gasteiger partial charge in [0.15, 0.2) is 0 Å². The van der Waals surface area contributed by atoms with Crippen molar-refractivity contribution in [3.05, 3.63) is 0 Å². The molecular formula is C12H28ClN3O2. The summed E-state index contributed by atoms with van der Waals surface area (Å²) in [4.78, 5) is 4.56. The van der Waals surface area contributed by atoms with Gasteiger partial charge in [-0.1, -0.05) is 0 Å². The minimum atomic E-state index is 0. The van der Waals surface area contributed by atoms with E-state index in [2.05, 4.69) is 9.80 Å². The van der Waals surface area contributed by atoms with Crippen LogP contribution in [-0.2, 0) is 0 Å². The Labute approximate surface area is 116 Å². The van der Waals surface area contributed by atoms with Gasteiger partial charge in [-0.3, -0.25) is 4.90 Å². The van der Waals surface area contributed by atoms with Gasteiger partial charge in [-0.2, -0.15) is 0 Å². The molecule has 1 saturated heterocycles. The molecule has 0 radical (unpaired) electrons. The molecule has 0 aromatic heterocycles. The predicted molar refractivity (Wildman–Crippen MR) is 76.1 cm³/mol. The maximum absolute atomic E-state index is 8.89. The number of hydrogen-bond acceptors (Lipinski definition) is 5. The summed E-state index contributed by atoms with van der Waals surface area (Å²) in [5.41, 5.74) is 5.86. The predicted octanol–water partition coefficient (Wildman–Crippen LogP) is -0.492. The van der Waals surface area contributed by atoms with Crippen LogP contribution in [0.15, 0.2) is 0 Å². The van der Waals surface area contributed by atoms with E-state index in [0.717, 1.165) is 45.4 Å². The lowest BCUT2D eigenvalue weighted by atomic mass is 10.1. The lowest BCUT2D eigenvalue weighted by Gasteiger charge is -2.30. The molecule has 18 heavy (non-hydrogen) atoms. The highest BCUT2D eigenvalue weighted by atomic mass is 35.5. The van der Waals surface area contributed by atoms with Gasteiger partial charge in [0, 0.05) is 19.1 Å². The number of rotatable bonds is 8. The van der Waals surface area contributed by atoms with Gasteiger partial charge in [-0.15, -0.1) is 12.4 Å². The summed E-state index contributed by atoms with van der Waals surface area (Å²) in [6.07, 6.45) is 3.31. The van der Waals surface area contributed by atoms with E-state index in [1.807, 2.05) is 0 Å². The first-order valence-corrected chi connectivity index (χ1v) is 6.68. The topological polar surface area (TPSA) is 73.0 Å². The fourth-order valence-corrected chi connectivity index (χ4v) is 2.31. The monoisotopic (exact) mass is 281 g/mol. The van der Waals surface area contributed by atoms with Crippen LogP contribution in [0.1, 0.15) is 19.3 Å². The first-order valence-electron chi connectivity index (χ1n) is 6.68. The van der Waals surface area contributed by atoms with Gasteiger partial charge >= 0.3 is 0 Å². The smallest absolute Gasteiger partial charge is 0.0558 e. The van der Waals surface area contributed by atoms with Gasteiger partial charge in [0.05, 0.1) is 13.2 Å². The van der Waals surface area contributed by atoms with E-state index in [1.54, 1.807) is 0 Å². The molecule has 0 aromatic carbocycles. The van der Waals surface area contributed by atoms with Crippen molar-refractivity contribution in [1.29, 1.82) is 0 Å². The molecule has 1 aliphatic heterocycles. The minimum absolute atomic E-state index is 0. The standard InChI is InChI=1S/C12H27N3O2.ClH/c13-12-2-6-14(7-3-12)4-1-5-15(8-10-16)9-11-17;/h12,16-17H,1-11,13H2;1H. The average molecular weight is 282 g/mol. The first-order chi connectivity index (χ1) is 8.26. The summed E-state index contributed by atoms with van der Waals surface area (Å²) in [5, 5.41) is 17.8. The van der Waals surface area contributed by atoms with Crippen LogP contribution < -0.4 is 5.73 Å². The molecule has 1 rings (SSSR count). The molecule has 110 valence electrons. The van der Waals surface area contributed by atoms with Crippen LogP contribution in [-0.4, -0.2) is 78.5 Å². The second kappa shape index (κ2) is 11.0. The molecular weight excluding hydrogens is 254 g/mol. The van der Waals surface area contributed by atoms with Gasteiger partial charge < -0.3 is 20.8 Å². The Morgan fingerprint density at radius 2 is 1.61 bits per heavy atom. The number of likely N-dealkylation sites (tertiary alicyclic amines) is 1. The fourth-order valence-electron chi connectivity index (χ4n) is 2.31. The number of piperidine rings is 1. The molecule has 0 atom stereocenters. The number of halogens is 1. The molecule has 0 saturated carbocycles. The summed E-state index contributed by atoms with van der Waals surface area (Å²) in [7, 11) is 0. The second-order valence-corrected chi connectivity index (χ2v) is 4.82. The first kappa shape index (κ1) is 18.1. The lowest BCUT2D eigenvalue weighted by molar-refractivity contribution is 0.148. The van der Waals surface area contributed by atoms with Crippen molar-refractivity contribution in [2.75, 3.05) is 52.5 Å². The Balaban J connectivity index is 0.00000289. The maximum Gasteiger partial charge on any atom is 0.0558 e. The molecule has 0 aliphatic carbocycles. The number of aliphatic hydroxyl groups excluding tert-OH is 2. The Bertz CT molecular complexity index is 184. The molecule has 6 heteroatoms. The maximum atomic E-state index is 8.89. The van der Waals surface area contributed by atoms with Crippen LogP contribution >= 0.6 is 12.4 Å². The van der Waals surface area contributed by atoms with Crippen molar-refractivity contribution in [2.24, 2.45) is 5.73 Å². The summed E-state index contributed by atoms with van der Waals surface area (Å²) in [6.45, 7) is 5.92. The van der Waals surface area contributed by atoms with Gasteiger partial charge in [0.2, 0.25) is 0 Å². The number of nitrogens with zero attached hydrogens (tertiary/aromatic N) is 2. The Morgan fingerprint density at radius 1 is 1.06 bits per heavy atom. The Morgan fingerprint density at radius 3 is 2.11 bits per heavy atom. The van der Waals surface area contributed by atoms with E-state index in [4.69, 9.17) is 15.9 Å². The second-order valence-electron chi connectivity index (χ2n) is 4.82. The normalized spacial score (nSPS) is 18.0. The van der Waals surface area contributed by atoms with Gasteiger partial charge in [0.1, 0.15) is 0 Å². The molecule has 1 heterocycles. The van der Waals surface area contributed by atoms with Crippen LogP contribution in [0, 0.1) is 0 Å². The SMILES string of the molecule is Cl.NC1CCN(CCCN(CCO)CCO)CC1. The van der Waals surface area contributed by atoms with Crippen LogP contribution in [0.5, 0.6) is 0 Å². The summed E-state index contributed by atoms with van der Waals surface area (Å²) in [6, 6.07) is 0.395. The van der Waals surface area contributed by atoms with Gasteiger partial charge in [-0.05, 0) is 45.4 Å². The number of nitrogens with two attached hydrogens (primary N) is 1. The fraction of sp³-hybridized carbons (Fsp3) is 1.00. The van der Waals surface area contributed by atoms with E-state index >= 15 is 0 Å². The van der Waals surface area contributed by atoms with E-state index in [1.165, 1.54) is 0 Å². The third-order valence-corrected chi connectivity index (χ3v) is 3.41. The highest BCUT2D eigenvalue weighted by Gasteiger charge is 2.15. The average Bonchev–Trinajstić information content (AvgIpc) is 2.32. The van der Waals surface area contributed by atoms with Crippen molar-refractivity contribution in [3.63, 3.8) is 0 Å². The molecule has 0 aromatic rings. The van der Waals surface area contributed by atoms with Crippen LogP contribution in [0.25, 0.3) is 0 Å². The van der Waals surface area contributed by atoms with Gasteiger partial charge in [-0.25, -0.2) is 0 Å². The molecule has 0 spiro atoms. The highest BCUT2D eigenvalue weighted by Crippen LogP contribution is 2.08. The third-order valence-electron chi connectivity index (χ3n) is 3.41. The van der Waals surface area contributed by atoms with Crippen molar-refractivity contribution in [3.8, 4) is 0 Å². The molecule has 4 N–H and O–H groups in total. The summed E-state index contributed by atoms with van der Waals surface area (Å²) < 4.78 is 0. The molecule has 0 bridgehead atoms. The quantitative estimate of drug-likeness (QED) is 0.560. The molecule has 1 fully saturated rings. The van der Waals surface area contributed by atoms with Crippen LogP contribution in [0.4, 0.5) is 0 Å². The van der Waals surface area contributed by atoms with Crippen molar-refractivity contribution >= 4 is 12.4 Å². The van der Waals surface area contributed by atoms with Crippen molar-refractivity contribution in [2.45, 2.75) is 25.3 Å². The number of hydrogen-bond donors (Lipinski definition) is 3. The number of aliphatic hydroxyl groups is 2. The van der Waals surface area contributed by atoms with E-state index < -0.39 is 0 Å². The lowest BCUT2D eigenvalue weighted by Crippen LogP contribution is -2.41. The largest absolute Gasteiger partial charge is 0.395 e. The summed E-state index contributed by atoms with van der Waals surface area (Å²) >= 11 is 0. The summed E-state index contributed by atoms with van der Waals surface area (Å²) in [5.74, 6) is 0. The Kier molecular flexibility index (Phi) is 11.0. The van der Waals surface area contributed by atoms with Crippen molar-refractivity contribution < 1.29 is 10.2 Å². The molecule has 1 aliphatic rings. The molecule has 0 amide bonds. The minimum Gasteiger partial charge on any atom is -0.395 e. The van der Waals surface area contributed by atoms with E-state index in [0.29, 0.717) is 19.1 Å². The molecule has 5 nitrogen and oxygen atoms in total. The van der Waals surface area contributed by atoms with E-state index in [9.17, 15) is 0 Å². The van der Waals surface area contributed by atoms with Crippen LogP contribution in [0.3, 0.4) is 0 Å². The van der Waals surface area contributed by atoms with Crippen LogP contribution in [0.2, 0.25) is 0 Å². The van der Waals surface area contributed by atoms with Crippen molar-refractivity contribution in [1.82, 2.24) is 9.80 Å². The Hall–Kier alpha value is 0.0900. The zero-order valence-electron chi connectivity index (χ0n) is 11.1. The highest BCUT2D eigenvalue weighted by molar-refractivity contribution is 5.85. The zero-order valence-corrected chi connectivity index (χ0v) is 11.9. The third kappa shape index (κ3) is 7.51. The van der Waals surface area contributed by atoms with E-state index in [-0.39, 0.29) is 25.6 Å². The molecule has 0 unspecified atom stereocenters. The van der Waals surface area contributed by atoms with Gasteiger partial charge in [0.25, 0.3) is 0 Å².